The zero-order valence-corrected chi connectivity index (χ0v) is 16.0. The maximum atomic E-state index is 14.7. The summed E-state index contributed by atoms with van der Waals surface area (Å²) < 4.78 is 48.8. The smallest absolute Gasteiger partial charge is 0.269 e. The van der Waals surface area contributed by atoms with E-state index in [1.54, 1.807) is 30.3 Å². The van der Waals surface area contributed by atoms with Gasteiger partial charge in [0.2, 0.25) is 0 Å². The van der Waals surface area contributed by atoms with Crippen LogP contribution in [0.5, 0.6) is 0 Å². The second-order valence-corrected chi connectivity index (χ2v) is 6.65. The molecule has 0 saturated carbocycles. The van der Waals surface area contributed by atoms with Crippen LogP contribution < -0.4 is 10.9 Å². The highest BCUT2D eigenvalue weighted by Crippen LogP contribution is 2.26. The molecular formula is C22H18FN7O. The molecule has 9 heteroatoms. The average molecular weight is 419 g/mol. The minimum atomic E-state index is -2.61. The summed E-state index contributed by atoms with van der Waals surface area (Å²) in [5.41, 5.74) is 0.162. The van der Waals surface area contributed by atoms with Crippen molar-refractivity contribution in [3.05, 3.63) is 83.2 Å². The van der Waals surface area contributed by atoms with Crippen molar-refractivity contribution in [1.82, 2.24) is 29.5 Å². The SMILES string of the molecule is [2H]C([2H])([2H])C[C@]([2H])(Nc1ncnc2nc[nH]c12)c1nc2cccc(F)c2c(=O)n1-c1ccccc1. The Morgan fingerprint density at radius 3 is 2.90 bits per heavy atom. The molecule has 5 aromatic rings. The Labute approximate surface area is 181 Å². The molecule has 1 atom stereocenters. The molecule has 8 nitrogen and oxygen atoms in total. The lowest BCUT2D eigenvalue weighted by molar-refractivity contribution is 0.630. The number of rotatable bonds is 5. The number of nitrogens with one attached hydrogen (secondary N) is 2. The van der Waals surface area contributed by atoms with Crippen LogP contribution in [0.15, 0.2) is 66.0 Å². The van der Waals surface area contributed by atoms with Gasteiger partial charge in [0.05, 0.1) is 24.9 Å². The first-order valence-corrected chi connectivity index (χ1v) is 9.36. The molecule has 2 N–H and O–H groups in total. The monoisotopic (exact) mass is 419 g/mol. The number of aromatic amines is 1. The first kappa shape index (κ1) is 14.8. The van der Waals surface area contributed by atoms with Crippen molar-refractivity contribution in [3.63, 3.8) is 0 Å². The number of nitrogens with zero attached hydrogens (tertiary/aromatic N) is 5. The summed E-state index contributed by atoms with van der Waals surface area (Å²) in [5.74, 6) is -0.917. The van der Waals surface area contributed by atoms with E-state index in [1.807, 2.05) is 0 Å². The molecule has 0 fully saturated rings. The molecule has 0 aliphatic rings. The third kappa shape index (κ3) is 3.20. The van der Waals surface area contributed by atoms with Crippen LogP contribution >= 0.6 is 0 Å². The molecule has 3 aromatic heterocycles. The van der Waals surface area contributed by atoms with E-state index in [0.717, 1.165) is 10.6 Å². The summed E-state index contributed by atoms with van der Waals surface area (Å²) in [4.78, 5) is 33.1. The van der Waals surface area contributed by atoms with Crippen molar-refractivity contribution in [1.29, 1.82) is 0 Å². The van der Waals surface area contributed by atoms with Crippen LogP contribution in [0.1, 0.15) is 30.6 Å². The Morgan fingerprint density at radius 1 is 1.19 bits per heavy atom. The number of imidazole rings is 1. The van der Waals surface area contributed by atoms with Gasteiger partial charge in [0.25, 0.3) is 5.56 Å². The Morgan fingerprint density at radius 2 is 2.06 bits per heavy atom. The number of benzene rings is 2. The number of fused-ring (bicyclic) bond motifs is 2. The van der Waals surface area contributed by atoms with E-state index < -0.39 is 30.7 Å². The van der Waals surface area contributed by atoms with Gasteiger partial charge >= 0.3 is 0 Å². The maximum Gasteiger partial charge on any atom is 0.269 e. The van der Waals surface area contributed by atoms with Gasteiger partial charge in [-0.1, -0.05) is 31.1 Å². The lowest BCUT2D eigenvalue weighted by Gasteiger charge is -2.22. The molecule has 31 heavy (non-hydrogen) atoms. The normalized spacial score (nSPS) is 15.6. The third-order valence-electron chi connectivity index (χ3n) is 4.80. The topological polar surface area (TPSA) is 101 Å². The quantitative estimate of drug-likeness (QED) is 0.450. The molecule has 0 radical (unpaired) electrons. The number of aromatic nitrogens is 6. The van der Waals surface area contributed by atoms with Gasteiger partial charge in [-0.25, -0.2) is 24.3 Å². The fourth-order valence-corrected chi connectivity index (χ4v) is 3.39. The Hall–Kier alpha value is -4.14. The third-order valence-corrected chi connectivity index (χ3v) is 4.80. The van der Waals surface area contributed by atoms with Crippen molar-refractivity contribution in [3.8, 4) is 5.69 Å². The number of hydrogen-bond donors (Lipinski definition) is 2. The zero-order valence-electron chi connectivity index (χ0n) is 20.0. The van der Waals surface area contributed by atoms with Gasteiger partial charge in [-0.15, -0.1) is 0 Å². The summed E-state index contributed by atoms with van der Waals surface area (Å²) in [6.07, 6.45) is 1.85. The van der Waals surface area contributed by atoms with E-state index in [2.05, 4.69) is 30.2 Å². The summed E-state index contributed by atoms with van der Waals surface area (Å²) in [5, 5.41) is 2.57. The maximum absolute atomic E-state index is 14.7. The summed E-state index contributed by atoms with van der Waals surface area (Å²) in [6.45, 7) is -2.61. The average Bonchev–Trinajstić information content (AvgIpc) is 3.28. The van der Waals surface area contributed by atoms with Crippen LogP contribution in [0.4, 0.5) is 10.2 Å². The van der Waals surface area contributed by atoms with E-state index >= 15 is 0 Å². The van der Waals surface area contributed by atoms with E-state index in [4.69, 9.17) is 4.11 Å². The Balaban J connectivity index is 1.83. The second kappa shape index (κ2) is 7.60. The van der Waals surface area contributed by atoms with Crippen LogP contribution in [0, 0.1) is 5.82 Å². The number of hydrogen-bond acceptors (Lipinski definition) is 6. The number of para-hydroxylation sites is 1. The molecule has 154 valence electrons. The van der Waals surface area contributed by atoms with Crippen molar-refractivity contribution in [2.75, 3.05) is 5.32 Å². The highest BCUT2D eigenvalue weighted by atomic mass is 19.1. The largest absolute Gasteiger partial charge is 0.358 e. The molecule has 0 saturated heterocycles. The van der Waals surface area contributed by atoms with Gasteiger partial charge < -0.3 is 10.3 Å². The summed E-state index contributed by atoms with van der Waals surface area (Å²) in [6, 6.07) is 10.0. The molecule has 5 rings (SSSR count). The predicted molar refractivity (Wildman–Crippen MR) is 116 cm³/mol. The van der Waals surface area contributed by atoms with Crippen molar-refractivity contribution in [2.45, 2.75) is 19.3 Å². The minimum absolute atomic E-state index is 0.00415. The molecule has 0 aliphatic carbocycles. The van der Waals surface area contributed by atoms with Gasteiger partial charge in [-0.05, 0) is 30.7 Å². The minimum Gasteiger partial charge on any atom is -0.358 e. The molecule has 0 amide bonds. The van der Waals surface area contributed by atoms with Gasteiger partial charge in [0.15, 0.2) is 11.5 Å². The van der Waals surface area contributed by atoms with Crippen LogP contribution in [0.25, 0.3) is 27.8 Å². The molecule has 3 heterocycles. The first-order valence-electron chi connectivity index (χ1n) is 11.4. The van der Waals surface area contributed by atoms with E-state index in [-0.39, 0.29) is 22.5 Å². The number of H-pyrrole nitrogens is 1. The predicted octanol–water partition coefficient (Wildman–Crippen LogP) is 3.75. The standard InChI is InChI=1S/C22H18FN7O/c1-2-15(28-20-18-19(25-11-24-18)26-12-27-20)21-29-16-10-6-9-14(23)17(16)22(31)30(21)13-7-4-3-5-8-13/h3-12,15H,2H2,1H3,(H2,24,25,26,27,28)/t15-/m0/s1/i1D3,15D. The van der Waals surface area contributed by atoms with E-state index in [9.17, 15) is 10.6 Å². The van der Waals surface area contributed by atoms with Crippen LogP contribution in [-0.2, 0) is 0 Å². The van der Waals surface area contributed by atoms with Crippen LogP contribution in [-0.4, -0.2) is 29.5 Å². The molecular weight excluding hydrogens is 397 g/mol. The summed E-state index contributed by atoms with van der Waals surface area (Å²) >= 11 is 0. The Bertz CT molecular complexity index is 1600. The fraction of sp³-hybridized carbons (Fsp3) is 0.136. The highest BCUT2D eigenvalue weighted by molar-refractivity contribution is 5.82. The first-order chi connectivity index (χ1) is 16.7. The van der Waals surface area contributed by atoms with Crippen molar-refractivity contribution in [2.24, 2.45) is 0 Å². The Kier molecular flexibility index (Phi) is 3.62. The second-order valence-electron chi connectivity index (χ2n) is 6.65. The van der Waals surface area contributed by atoms with Crippen molar-refractivity contribution >= 4 is 27.9 Å². The lowest BCUT2D eigenvalue weighted by Crippen LogP contribution is -2.28. The van der Waals surface area contributed by atoms with Gasteiger partial charge in [-0.3, -0.25) is 9.36 Å². The van der Waals surface area contributed by atoms with Gasteiger partial charge in [0, 0.05) is 4.11 Å². The molecule has 2 aromatic carbocycles. The van der Waals surface area contributed by atoms with Crippen LogP contribution in [0.2, 0.25) is 0 Å². The highest BCUT2D eigenvalue weighted by Gasteiger charge is 2.22. The molecule has 0 spiro atoms. The van der Waals surface area contributed by atoms with Gasteiger partial charge in [0.1, 0.15) is 28.9 Å². The van der Waals surface area contributed by atoms with E-state index in [0.29, 0.717) is 16.9 Å². The van der Waals surface area contributed by atoms with E-state index in [1.165, 1.54) is 24.8 Å². The fourth-order valence-electron chi connectivity index (χ4n) is 3.39. The van der Waals surface area contributed by atoms with Gasteiger partial charge in [-0.2, -0.15) is 0 Å². The number of halogens is 1. The summed E-state index contributed by atoms with van der Waals surface area (Å²) in [7, 11) is 0. The lowest BCUT2D eigenvalue weighted by atomic mass is 10.1. The zero-order chi connectivity index (χ0) is 24.8. The molecule has 0 unspecified atom stereocenters. The molecule has 0 bridgehead atoms. The van der Waals surface area contributed by atoms with Crippen molar-refractivity contribution < 1.29 is 9.87 Å². The number of anilines is 1. The van der Waals surface area contributed by atoms with Crippen LogP contribution in [0.3, 0.4) is 0 Å². The molecule has 0 aliphatic heterocycles.